The van der Waals surface area contributed by atoms with Crippen molar-refractivity contribution in [3.63, 3.8) is 0 Å². The SMILES string of the molecule is Cc1cc(-c2ccccc2)cc(C)c1/C1=C(\O)C[C@H]2C=C[C@H](CC2)CC1=O. The third-order valence-corrected chi connectivity index (χ3v) is 5.92. The van der Waals surface area contributed by atoms with Crippen LogP contribution in [0, 0.1) is 25.7 Å². The minimum Gasteiger partial charge on any atom is -0.512 e. The molecule has 0 radical (unpaired) electrons. The summed E-state index contributed by atoms with van der Waals surface area (Å²) in [6, 6.07) is 14.5. The van der Waals surface area contributed by atoms with Gasteiger partial charge in [0.15, 0.2) is 5.78 Å². The highest BCUT2D eigenvalue weighted by molar-refractivity contribution is 6.22. The normalized spacial score (nSPS) is 25.2. The number of hydrogen-bond donors (Lipinski definition) is 1. The second-order valence-electron chi connectivity index (χ2n) is 7.99. The summed E-state index contributed by atoms with van der Waals surface area (Å²) in [6.45, 7) is 4.09. The maximum atomic E-state index is 13.1. The van der Waals surface area contributed by atoms with E-state index in [-0.39, 0.29) is 11.5 Å². The van der Waals surface area contributed by atoms with E-state index < -0.39 is 0 Å². The molecular formula is C25H26O2. The summed E-state index contributed by atoms with van der Waals surface area (Å²) in [5, 5.41) is 10.9. The quantitative estimate of drug-likeness (QED) is 0.650. The van der Waals surface area contributed by atoms with E-state index in [1.807, 2.05) is 32.0 Å². The summed E-state index contributed by atoms with van der Waals surface area (Å²) in [4.78, 5) is 13.1. The van der Waals surface area contributed by atoms with Crippen molar-refractivity contribution in [3.8, 4) is 11.1 Å². The number of Topliss-reactive ketones (excluding diaryl/α,β-unsaturated/α-hetero) is 1. The molecule has 2 heteroatoms. The number of aliphatic hydroxyl groups is 1. The lowest BCUT2D eigenvalue weighted by atomic mass is 9.85. The zero-order valence-corrected chi connectivity index (χ0v) is 16.0. The van der Waals surface area contributed by atoms with Crippen LogP contribution in [-0.4, -0.2) is 10.9 Å². The smallest absolute Gasteiger partial charge is 0.167 e. The molecule has 0 amide bonds. The molecule has 2 atom stereocenters. The van der Waals surface area contributed by atoms with Crippen LogP contribution >= 0.6 is 0 Å². The Kier molecular flexibility index (Phi) is 4.73. The molecule has 5 rings (SSSR count). The summed E-state index contributed by atoms with van der Waals surface area (Å²) in [5.74, 6) is 0.976. The zero-order chi connectivity index (χ0) is 19.0. The number of aryl methyl sites for hydroxylation is 2. The first-order chi connectivity index (χ1) is 13.0. The standard InChI is InChI=1S/C25H26O2/c1-16-12-21(20-6-4-3-5-7-20)13-17(2)24(16)25-22(26)14-18-8-9-19(11-10-18)15-23(25)27/h3-9,12-13,18-19,26H,10-11,14-15H2,1-2H3/b25-22-/t18-,19+/m0/s1. The minimum atomic E-state index is 0.0726. The molecule has 3 aliphatic carbocycles. The summed E-state index contributed by atoms with van der Waals surface area (Å²) >= 11 is 0. The first kappa shape index (κ1) is 17.8. The van der Waals surface area contributed by atoms with Crippen molar-refractivity contribution in [1.82, 2.24) is 0 Å². The Morgan fingerprint density at radius 1 is 0.852 bits per heavy atom. The van der Waals surface area contributed by atoms with Crippen LogP contribution in [0.1, 0.15) is 42.4 Å². The number of fused-ring (bicyclic) bond motifs is 4. The Balaban J connectivity index is 1.81. The molecule has 3 aliphatic rings. The van der Waals surface area contributed by atoms with Gasteiger partial charge < -0.3 is 5.11 Å². The highest BCUT2D eigenvalue weighted by Gasteiger charge is 2.29. The lowest BCUT2D eigenvalue weighted by molar-refractivity contribution is -0.114. The fourth-order valence-corrected chi connectivity index (χ4v) is 4.57. The molecule has 1 N–H and O–H groups in total. The molecule has 2 bridgehead atoms. The molecule has 0 heterocycles. The fourth-order valence-electron chi connectivity index (χ4n) is 4.57. The molecular weight excluding hydrogens is 332 g/mol. The van der Waals surface area contributed by atoms with Gasteiger partial charge in [0.25, 0.3) is 0 Å². The lowest BCUT2D eigenvalue weighted by Crippen LogP contribution is -2.12. The Bertz CT molecular complexity index is 911. The molecule has 2 aromatic rings. The van der Waals surface area contributed by atoms with E-state index >= 15 is 0 Å². The van der Waals surface area contributed by atoms with Gasteiger partial charge in [-0.25, -0.2) is 0 Å². The molecule has 0 aromatic heterocycles. The van der Waals surface area contributed by atoms with Gasteiger partial charge >= 0.3 is 0 Å². The van der Waals surface area contributed by atoms with E-state index in [9.17, 15) is 9.90 Å². The van der Waals surface area contributed by atoms with Gasteiger partial charge in [0, 0.05) is 12.8 Å². The molecule has 138 valence electrons. The molecule has 0 saturated heterocycles. The van der Waals surface area contributed by atoms with E-state index in [0.717, 1.165) is 40.7 Å². The van der Waals surface area contributed by atoms with Crippen molar-refractivity contribution >= 4 is 11.4 Å². The Morgan fingerprint density at radius 2 is 1.44 bits per heavy atom. The average Bonchev–Trinajstić information content (AvgIpc) is 2.74. The van der Waals surface area contributed by atoms with Crippen LogP contribution < -0.4 is 0 Å². The van der Waals surface area contributed by atoms with Crippen LogP contribution in [0.5, 0.6) is 0 Å². The average molecular weight is 358 g/mol. The van der Waals surface area contributed by atoms with Gasteiger partial charge in [0.1, 0.15) is 5.76 Å². The van der Waals surface area contributed by atoms with Gasteiger partial charge in [-0.15, -0.1) is 0 Å². The van der Waals surface area contributed by atoms with E-state index in [4.69, 9.17) is 0 Å². The van der Waals surface area contributed by atoms with E-state index in [0.29, 0.717) is 30.3 Å². The van der Waals surface area contributed by atoms with E-state index in [2.05, 4.69) is 36.4 Å². The fraction of sp³-hybridized carbons (Fsp3) is 0.320. The predicted molar refractivity (Wildman–Crippen MR) is 110 cm³/mol. The minimum absolute atomic E-state index is 0.0726. The van der Waals surface area contributed by atoms with Gasteiger partial charge in [0.05, 0.1) is 5.57 Å². The number of carbonyl (C=O) groups excluding carboxylic acids is 1. The van der Waals surface area contributed by atoms with Crippen LogP contribution in [0.2, 0.25) is 0 Å². The van der Waals surface area contributed by atoms with Crippen LogP contribution in [0.3, 0.4) is 0 Å². The van der Waals surface area contributed by atoms with Crippen LogP contribution in [0.25, 0.3) is 16.7 Å². The summed E-state index contributed by atoms with van der Waals surface area (Å²) < 4.78 is 0. The molecule has 2 nitrogen and oxygen atoms in total. The molecule has 0 saturated carbocycles. The maximum absolute atomic E-state index is 13.1. The monoisotopic (exact) mass is 358 g/mol. The van der Waals surface area contributed by atoms with Crippen molar-refractivity contribution in [2.24, 2.45) is 11.8 Å². The van der Waals surface area contributed by atoms with Gasteiger partial charge in [-0.05, 0) is 66.3 Å². The van der Waals surface area contributed by atoms with Crippen LogP contribution in [0.4, 0.5) is 0 Å². The molecule has 0 fully saturated rings. The van der Waals surface area contributed by atoms with Crippen molar-refractivity contribution in [2.75, 3.05) is 0 Å². The molecule has 27 heavy (non-hydrogen) atoms. The molecule has 0 aliphatic heterocycles. The maximum Gasteiger partial charge on any atom is 0.167 e. The highest BCUT2D eigenvalue weighted by Crippen LogP contribution is 2.38. The predicted octanol–water partition coefficient (Wildman–Crippen LogP) is 6.18. The van der Waals surface area contributed by atoms with Crippen LogP contribution in [-0.2, 0) is 4.79 Å². The lowest BCUT2D eigenvalue weighted by Gasteiger charge is -2.19. The summed E-state index contributed by atoms with van der Waals surface area (Å²) in [7, 11) is 0. The van der Waals surface area contributed by atoms with Gasteiger partial charge in [-0.1, -0.05) is 54.6 Å². The Labute approximate surface area is 161 Å². The largest absolute Gasteiger partial charge is 0.512 e. The van der Waals surface area contributed by atoms with Gasteiger partial charge in [-0.2, -0.15) is 0 Å². The second kappa shape index (κ2) is 7.19. The number of carbonyl (C=O) groups is 1. The highest BCUT2D eigenvalue weighted by atomic mass is 16.3. The topological polar surface area (TPSA) is 37.3 Å². The summed E-state index contributed by atoms with van der Waals surface area (Å²) in [5.41, 5.74) is 5.86. The number of ketones is 1. The Hall–Kier alpha value is -2.61. The number of allylic oxidation sites excluding steroid dienone is 4. The number of rotatable bonds is 2. The number of benzene rings is 2. The molecule has 0 unspecified atom stereocenters. The number of aliphatic hydroxyl groups excluding tert-OH is 1. The zero-order valence-electron chi connectivity index (χ0n) is 16.0. The number of hydrogen-bond acceptors (Lipinski definition) is 2. The summed E-state index contributed by atoms with van der Waals surface area (Å²) in [6.07, 6.45) is 7.51. The first-order valence-corrected chi connectivity index (χ1v) is 9.83. The Morgan fingerprint density at radius 3 is 2.04 bits per heavy atom. The van der Waals surface area contributed by atoms with Crippen molar-refractivity contribution in [3.05, 3.63) is 77.1 Å². The van der Waals surface area contributed by atoms with E-state index in [1.54, 1.807) is 0 Å². The van der Waals surface area contributed by atoms with Crippen molar-refractivity contribution < 1.29 is 9.90 Å². The third kappa shape index (κ3) is 3.49. The molecule has 0 spiro atoms. The van der Waals surface area contributed by atoms with Crippen LogP contribution in [0.15, 0.2) is 60.4 Å². The first-order valence-electron chi connectivity index (χ1n) is 9.83. The van der Waals surface area contributed by atoms with Gasteiger partial charge in [0.2, 0.25) is 0 Å². The van der Waals surface area contributed by atoms with E-state index in [1.165, 1.54) is 0 Å². The van der Waals surface area contributed by atoms with Gasteiger partial charge in [-0.3, -0.25) is 4.79 Å². The van der Waals surface area contributed by atoms with Crippen molar-refractivity contribution in [2.45, 2.75) is 39.5 Å². The second-order valence-corrected chi connectivity index (χ2v) is 7.99. The molecule has 2 aromatic carbocycles. The van der Waals surface area contributed by atoms with Crippen molar-refractivity contribution in [1.29, 1.82) is 0 Å². The third-order valence-electron chi connectivity index (χ3n) is 5.92.